The summed E-state index contributed by atoms with van der Waals surface area (Å²) in [5.74, 6) is 0.965. The number of H-pyrrole nitrogens is 1. The predicted octanol–water partition coefficient (Wildman–Crippen LogP) is 1.73. The molecule has 0 aromatic carbocycles. The molecule has 0 spiro atoms. The minimum absolute atomic E-state index is 0.180. The topological polar surface area (TPSA) is 81.2 Å². The van der Waals surface area contributed by atoms with Crippen LogP contribution < -0.4 is 4.90 Å². The van der Waals surface area contributed by atoms with Crippen LogP contribution in [0, 0.1) is 6.92 Å². The van der Waals surface area contributed by atoms with Crippen molar-refractivity contribution in [3.8, 4) is 0 Å². The monoisotopic (exact) mass is 352 g/mol. The molecule has 0 saturated carbocycles. The van der Waals surface area contributed by atoms with Gasteiger partial charge < -0.3 is 15.0 Å². The van der Waals surface area contributed by atoms with Crippen molar-refractivity contribution in [2.24, 2.45) is 0 Å². The molecular weight excluding hydrogens is 328 g/mol. The fraction of sp³-hybridized carbons (Fsp3) is 0.421. The van der Waals surface area contributed by atoms with Crippen molar-refractivity contribution >= 4 is 16.9 Å². The van der Waals surface area contributed by atoms with E-state index in [1.54, 1.807) is 6.33 Å². The lowest BCUT2D eigenvalue weighted by molar-refractivity contribution is 0.134. The van der Waals surface area contributed by atoms with Crippen molar-refractivity contribution in [1.29, 1.82) is 0 Å². The molecule has 0 amide bonds. The zero-order valence-electron chi connectivity index (χ0n) is 15.0. The molecule has 2 N–H and O–H groups in total. The third kappa shape index (κ3) is 3.40. The summed E-state index contributed by atoms with van der Waals surface area (Å²) in [6.45, 7) is 5.65. The summed E-state index contributed by atoms with van der Waals surface area (Å²) in [6.07, 6.45) is 4.25. The number of aliphatic hydroxyl groups is 1. The molecule has 7 nitrogen and oxygen atoms in total. The summed E-state index contributed by atoms with van der Waals surface area (Å²) in [4.78, 5) is 21.3. The molecule has 7 heteroatoms. The Bertz CT molecular complexity index is 879. The van der Waals surface area contributed by atoms with E-state index in [4.69, 9.17) is 0 Å². The molecule has 1 atom stereocenters. The average molecular weight is 352 g/mol. The van der Waals surface area contributed by atoms with Crippen LogP contribution in [0.4, 0.5) is 5.82 Å². The average Bonchev–Trinajstić information content (AvgIpc) is 3.12. The Hall–Kier alpha value is -2.51. The van der Waals surface area contributed by atoms with Crippen molar-refractivity contribution in [2.75, 3.05) is 31.1 Å². The summed E-state index contributed by atoms with van der Waals surface area (Å²) in [5.41, 5.74) is 2.98. The summed E-state index contributed by atoms with van der Waals surface area (Å²) in [5, 5.41) is 10.6. The van der Waals surface area contributed by atoms with E-state index in [2.05, 4.69) is 41.9 Å². The molecule has 4 rings (SSSR count). The van der Waals surface area contributed by atoms with Crippen molar-refractivity contribution in [2.45, 2.75) is 25.9 Å². The van der Waals surface area contributed by atoms with Crippen LogP contribution >= 0.6 is 0 Å². The largest absolute Gasteiger partial charge is 0.396 e. The Morgan fingerprint density at radius 1 is 1.23 bits per heavy atom. The number of aromatic amines is 1. The lowest BCUT2D eigenvalue weighted by Gasteiger charge is -2.42. The fourth-order valence-electron chi connectivity index (χ4n) is 3.72. The number of anilines is 1. The normalized spacial score (nSPS) is 18.5. The maximum atomic E-state index is 9.55. The molecule has 3 aromatic heterocycles. The van der Waals surface area contributed by atoms with Crippen LogP contribution in [0.5, 0.6) is 0 Å². The molecule has 4 heterocycles. The van der Waals surface area contributed by atoms with Gasteiger partial charge in [0.15, 0.2) is 0 Å². The number of aliphatic hydroxyl groups excluding tert-OH is 1. The second-order valence-corrected chi connectivity index (χ2v) is 6.79. The van der Waals surface area contributed by atoms with E-state index in [1.807, 2.05) is 25.3 Å². The molecule has 0 aliphatic carbocycles. The van der Waals surface area contributed by atoms with Crippen LogP contribution in [0.15, 0.2) is 36.8 Å². The van der Waals surface area contributed by atoms with E-state index in [-0.39, 0.29) is 12.6 Å². The first-order chi connectivity index (χ1) is 12.7. The molecule has 0 bridgehead atoms. The molecular formula is C19H24N6O. The Balaban J connectivity index is 1.53. The predicted molar refractivity (Wildman–Crippen MR) is 101 cm³/mol. The Labute approximate surface area is 152 Å². The zero-order valence-corrected chi connectivity index (χ0v) is 15.0. The summed E-state index contributed by atoms with van der Waals surface area (Å²) in [7, 11) is 0. The molecule has 1 aliphatic heterocycles. The van der Waals surface area contributed by atoms with Crippen LogP contribution in [0.25, 0.3) is 11.0 Å². The lowest BCUT2D eigenvalue weighted by Crippen LogP contribution is -2.53. The van der Waals surface area contributed by atoms with E-state index in [1.165, 1.54) is 0 Å². The van der Waals surface area contributed by atoms with Gasteiger partial charge in [-0.15, -0.1) is 0 Å². The minimum atomic E-state index is 0.180. The molecule has 1 aliphatic rings. The Morgan fingerprint density at radius 3 is 3.00 bits per heavy atom. The van der Waals surface area contributed by atoms with E-state index in [0.29, 0.717) is 0 Å². The van der Waals surface area contributed by atoms with Gasteiger partial charge in [0, 0.05) is 50.7 Å². The SMILES string of the molecule is Cc1cccc(CN2CCN(c3ncnc4[nH]ccc34)C[C@H]2CCO)n1. The van der Waals surface area contributed by atoms with Gasteiger partial charge >= 0.3 is 0 Å². The van der Waals surface area contributed by atoms with E-state index in [9.17, 15) is 5.11 Å². The summed E-state index contributed by atoms with van der Waals surface area (Å²) >= 11 is 0. The zero-order chi connectivity index (χ0) is 17.9. The number of hydrogen-bond acceptors (Lipinski definition) is 6. The van der Waals surface area contributed by atoms with Crippen LogP contribution in [0.3, 0.4) is 0 Å². The van der Waals surface area contributed by atoms with Crippen LogP contribution in [0.2, 0.25) is 0 Å². The molecule has 0 radical (unpaired) electrons. The van der Waals surface area contributed by atoms with Gasteiger partial charge in [0.2, 0.25) is 0 Å². The smallest absolute Gasteiger partial charge is 0.142 e. The lowest BCUT2D eigenvalue weighted by atomic mass is 10.1. The fourth-order valence-corrected chi connectivity index (χ4v) is 3.72. The standard InChI is InChI=1S/C19H24N6O/c1-14-3-2-4-15(23-14)11-24-8-9-25(12-16(24)6-10-26)19-17-5-7-20-18(17)21-13-22-19/h2-5,7,13,16,26H,6,8-12H2,1H3,(H,20,21,22)/t16-/m1/s1. The second kappa shape index (κ2) is 7.39. The highest BCUT2D eigenvalue weighted by Crippen LogP contribution is 2.25. The molecule has 0 unspecified atom stereocenters. The number of rotatable bonds is 5. The van der Waals surface area contributed by atoms with Gasteiger partial charge in [-0.05, 0) is 31.5 Å². The highest BCUT2D eigenvalue weighted by atomic mass is 16.3. The number of nitrogens with one attached hydrogen (secondary N) is 1. The quantitative estimate of drug-likeness (QED) is 0.728. The number of fused-ring (bicyclic) bond motifs is 1. The first-order valence-corrected chi connectivity index (χ1v) is 9.05. The van der Waals surface area contributed by atoms with Gasteiger partial charge in [0.05, 0.1) is 11.1 Å². The van der Waals surface area contributed by atoms with Crippen LogP contribution in [-0.4, -0.2) is 62.2 Å². The molecule has 26 heavy (non-hydrogen) atoms. The number of aryl methyl sites for hydroxylation is 1. The van der Waals surface area contributed by atoms with Gasteiger partial charge in [-0.3, -0.25) is 9.88 Å². The van der Waals surface area contributed by atoms with Gasteiger partial charge in [0.25, 0.3) is 0 Å². The van der Waals surface area contributed by atoms with Crippen LogP contribution in [0.1, 0.15) is 17.8 Å². The first kappa shape index (κ1) is 16.9. The van der Waals surface area contributed by atoms with E-state index in [0.717, 1.165) is 60.8 Å². The highest BCUT2D eigenvalue weighted by Gasteiger charge is 2.28. The first-order valence-electron chi connectivity index (χ1n) is 9.05. The highest BCUT2D eigenvalue weighted by molar-refractivity contribution is 5.87. The molecule has 1 saturated heterocycles. The van der Waals surface area contributed by atoms with Crippen molar-refractivity contribution < 1.29 is 5.11 Å². The molecule has 136 valence electrons. The van der Waals surface area contributed by atoms with Crippen LogP contribution in [-0.2, 0) is 6.54 Å². The van der Waals surface area contributed by atoms with Gasteiger partial charge in [-0.1, -0.05) is 6.07 Å². The molecule has 1 fully saturated rings. The Kier molecular flexibility index (Phi) is 4.81. The second-order valence-electron chi connectivity index (χ2n) is 6.79. The maximum Gasteiger partial charge on any atom is 0.142 e. The molecule has 3 aromatic rings. The van der Waals surface area contributed by atoms with Crippen molar-refractivity contribution in [3.05, 3.63) is 48.2 Å². The number of pyridine rings is 1. The maximum absolute atomic E-state index is 9.55. The van der Waals surface area contributed by atoms with E-state index >= 15 is 0 Å². The number of hydrogen-bond donors (Lipinski definition) is 2. The van der Waals surface area contributed by atoms with E-state index < -0.39 is 0 Å². The number of aromatic nitrogens is 4. The van der Waals surface area contributed by atoms with Crippen molar-refractivity contribution in [3.63, 3.8) is 0 Å². The van der Waals surface area contributed by atoms with Gasteiger partial charge in [-0.25, -0.2) is 9.97 Å². The summed E-state index contributed by atoms with van der Waals surface area (Å²) in [6, 6.07) is 8.43. The summed E-state index contributed by atoms with van der Waals surface area (Å²) < 4.78 is 0. The minimum Gasteiger partial charge on any atom is -0.396 e. The van der Waals surface area contributed by atoms with Crippen molar-refractivity contribution in [1.82, 2.24) is 24.8 Å². The van der Waals surface area contributed by atoms with Gasteiger partial charge in [0.1, 0.15) is 17.8 Å². The number of nitrogens with zero attached hydrogens (tertiary/aromatic N) is 5. The third-order valence-corrected chi connectivity index (χ3v) is 5.01. The number of piperazine rings is 1. The van der Waals surface area contributed by atoms with Gasteiger partial charge in [-0.2, -0.15) is 0 Å². The third-order valence-electron chi connectivity index (χ3n) is 5.01. The Morgan fingerprint density at radius 2 is 2.15 bits per heavy atom.